The van der Waals surface area contributed by atoms with E-state index in [1.807, 2.05) is 0 Å². The first-order valence-electron chi connectivity index (χ1n) is 3.88. The number of carbonyl (C=O) groups excluding carboxylic acids is 1. The van der Waals surface area contributed by atoms with Gasteiger partial charge in [-0.05, 0) is 0 Å². The molecule has 0 aliphatic rings. The molecular weight excluding hydrogens is 202 g/mol. The van der Waals surface area contributed by atoms with E-state index in [-0.39, 0.29) is 5.97 Å². The molecule has 0 saturated heterocycles. The van der Waals surface area contributed by atoms with Crippen LogP contribution in [0.2, 0.25) is 0 Å². The number of ether oxygens (including phenoxy) is 1. The molecule has 0 saturated carbocycles. The average Bonchev–Trinajstić information content (AvgIpc) is 2.61. The lowest BCUT2D eigenvalue weighted by atomic mass is 10.3. The normalized spacial score (nSPS) is 10.5. The summed E-state index contributed by atoms with van der Waals surface area (Å²) in [6.07, 6.45) is 0. The van der Waals surface area contributed by atoms with E-state index in [1.54, 1.807) is 29.9 Å². The van der Waals surface area contributed by atoms with Gasteiger partial charge in [-0.1, -0.05) is 5.22 Å². The predicted molar refractivity (Wildman–Crippen MR) is 53.9 cm³/mol. The Hall–Kier alpha value is -1.43. The summed E-state index contributed by atoms with van der Waals surface area (Å²) >= 11 is 1.39. The van der Waals surface area contributed by atoms with Crippen molar-refractivity contribution in [3.63, 3.8) is 0 Å². The van der Waals surface area contributed by atoms with Crippen molar-refractivity contribution in [2.45, 2.75) is 0 Å². The Bertz CT molecular complexity index is 346. The van der Waals surface area contributed by atoms with Crippen molar-refractivity contribution < 1.29 is 9.53 Å². The molecule has 1 heterocycles. The van der Waals surface area contributed by atoms with Crippen LogP contribution in [0.25, 0.3) is 0 Å². The van der Waals surface area contributed by atoms with Gasteiger partial charge in [0.15, 0.2) is 0 Å². The monoisotopic (exact) mass is 213 g/mol. The second-order valence-corrected chi connectivity index (χ2v) is 3.44. The van der Waals surface area contributed by atoms with Crippen LogP contribution in [0.4, 0.5) is 5.69 Å². The van der Waals surface area contributed by atoms with E-state index in [0.29, 0.717) is 11.3 Å². The smallest absolute Gasteiger partial charge is 0.340 e. The van der Waals surface area contributed by atoms with Crippen molar-refractivity contribution in [2.75, 3.05) is 21.2 Å². The number of hydrogen-bond acceptors (Lipinski definition) is 5. The molecule has 0 spiro atoms. The van der Waals surface area contributed by atoms with Gasteiger partial charge in [-0.2, -0.15) is 0 Å². The molecule has 1 aromatic heterocycles. The van der Waals surface area contributed by atoms with Crippen LogP contribution in [-0.4, -0.2) is 32.2 Å². The van der Waals surface area contributed by atoms with Crippen molar-refractivity contribution in [1.29, 1.82) is 0 Å². The topological polar surface area (TPSA) is 54.3 Å². The van der Waals surface area contributed by atoms with Gasteiger partial charge in [0.2, 0.25) is 0 Å². The summed E-state index contributed by atoms with van der Waals surface area (Å²) in [4.78, 5) is 11.2. The number of thiophene rings is 1. The van der Waals surface area contributed by atoms with Gasteiger partial charge in [0.25, 0.3) is 0 Å². The van der Waals surface area contributed by atoms with Crippen molar-refractivity contribution in [3.8, 4) is 0 Å². The summed E-state index contributed by atoms with van der Waals surface area (Å²) in [5.74, 6) is -0.390. The minimum absolute atomic E-state index is 0.390. The van der Waals surface area contributed by atoms with E-state index in [0.717, 1.165) is 0 Å². The van der Waals surface area contributed by atoms with Crippen molar-refractivity contribution in [3.05, 3.63) is 16.3 Å². The highest BCUT2D eigenvalue weighted by molar-refractivity contribution is 7.08. The fourth-order valence-corrected chi connectivity index (χ4v) is 1.49. The van der Waals surface area contributed by atoms with Crippen molar-refractivity contribution in [1.82, 2.24) is 5.01 Å². The van der Waals surface area contributed by atoms with Crippen LogP contribution >= 0.6 is 11.3 Å². The molecule has 5 nitrogen and oxygen atoms in total. The first-order valence-corrected chi connectivity index (χ1v) is 4.83. The van der Waals surface area contributed by atoms with E-state index in [4.69, 9.17) is 0 Å². The van der Waals surface area contributed by atoms with Crippen molar-refractivity contribution in [2.24, 2.45) is 10.3 Å². The zero-order valence-electron chi connectivity index (χ0n) is 8.22. The lowest BCUT2D eigenvalue weighted by Gasteiger charge is -2.00. The summed E-state index contributed by atoms with van der Waals surface area (Å²) in [6.45, 7) is 0. The summed E-state index contributed by atoms with van der Waals surface area (Å²) < 4.78 is 4.59. The Morgan fingerprint density at radius 3 is 2.79 bits per heavy atom. The van der Waals surface area contributed by atoms with Crippen LogP contribution in [-0.2, 0) is 4.74 Å². The van der Waals surface area contributed by atoms with Gasteiger partial charge in [0, 0.05) is 24.9 Å². The van der Waals surface area contributed by atoms with Crippen molar-refractivity contribution >= 4 is 23.0 Å². The largest absolute Gasteiger partial charge is 0.465 e. The fraction of sp³-hybridized carbons (Fsp3) is 0.375. The molecule has 0 fully saturated rings. The van der Waals surface area contributed by atoms with E-state index < -0.39 is 0 Å². The van der Waals surface area contributed by atoms with Crippen LogP contribution in [0.1, 0.15) is 10.4 Å². The highest BCUT2D eigenvalue weighted by atomic mass is 32.1. The standard InChI is InChI=1S/C8H11N3O2S/c1-11(2)10-9-7-5-14-4-6(7)8(12)13-3/h4-5H,1-3H3/b10-9+. The number of methoxy groups -OCH3 is 1. The lowest BCUT2D eigenvalue weighted by molar-refractivity contribution is 0.0602. The number of hydrogen-bond donors (Lipinski definition) is 0. The van der Waals surface area contributed by atoms with Gasteiger partial charge in [-0.15, -0.1) is 16.5 Å². The maximum atomic E-state index is 11.2. The molecule has 0 atom stereocenters. The number of esters is 1. The third kappa shape index (κ3) is 2.53. The Morgan fingerprint density at radius 1 is 1.50 bits per heavy atom. The van der Waals surface area contributed by atoms with Crippen LogP contribution in [0, 0.1) is 0 Å². The minimum atomic E-state index is -0.390. The number of rotatable bonds is 3. The van der Waals surface area contributed by atoms with E-state index in [9.17, 15) is 4.79 Å². The first-order chi connectivity index (χ1) is 6.65. The Labute approximate surface area is 86.0 Å². The maximum absolute atomic E-state index is 11.2. The van der Waals surface area contributed by atoms with Gasteiger partial charge in [0.1, 0.15) is 5.69 Å². The first kappa shape index (κ1) is 10.6. The highest BCUT2D eigenvalue weighted by Gasteiger charge is 2.12. The molecule has 1 rings (SSSR count). The molecule has 0 amide bonds. The third-order valence-electron chi connectivity index (χ3n) is 1.38. The zero-order valence-corrected chi connectivity index (χ0v) is 9.04. The molecular formula is C8H11N3O2S. The molecule has 1 aromatic rings. The predicted octanol–water partition coefficient (Wildman–Crippen LogP) is 2.09. The van der Waals surface area contributed by atoms with E-state index in [1.165, 1.54) is 18.4 Å². The van der Waals surface area contributed by atoms with Gasteiger partial charge in [-0.3, -0.25) is 5.01 Å². The fourth-order valence-electron chi connectivity index (χ4n) is 0.768. The third-order valence-corrected chi connectivity index (χ3v) is 2.11. The molecule has 0 aliphatic heterocycles. The number of carbonyl (C=O) groups is 1. The van der Waals surface area contributed by atoms with Gasteiger partial charge in [-0.25, -0.2) is 4.79 Å². The quantitative estimate of drug-likeness (QED) is 0.439. The van der Waals surface area contributed by atoms with Gasteiger partial charge < -0.3 is 4.74 Å². The average molecular weight is 213 g/mol. The van der Waals surface area contributed by atoms with Gasteiger partial charge >= 0.3 is 5.97 Å². The molecule has 0 radical (unpaired) electrons. The molecule has 0 aromatic carbocycles. The molecule has 0 bridgehead atoms. The Morgan fingerprint density at radius 2 is 2.21 bits per heavy atom. The Balaban J connectivity index is 2.88. The number of nitrogens with zero attached hydrogens (tertiary/aromatic N) is 3. The molecule has 0 unspecified atom stereocenters. The summed E-state index contributed by atoms with van der Waals surface area (Å²) in [7, 11) is 4.86. The summed E-state index contributed by atoms with van der Waals surface area (Å²) in [6, 6.07) is 0. The van der Waals surface area contributed by atoms with Crippen LogP contribution in [0.15, 0.2) is 21.1 Å². The Kier molecular flexibility index (Phi) is 3.58. The van der Waals surface area contributed by atoms with E-state index >= 15 is 0 Å². The molecule has 6 heteroatoms. The SMILES string of the molecule is COC(=O)c1cscc1/N=N/N(C)C. The van der Waals surface area contributed by atoms with Gasteiger partial charge in [0.05, 0.1) is 12.7 Å². The maximum Gasteiger partial charge on any atom is 0.340 e. The van der Waals surface area contributed by atoms with Crippen LogP contribution in [0.5, 0.6) is 0 Å². The highest BCUT2D eigenvalue weighted by Crippen LogP contribution is 2.24. The lowest BCUT2D eigenvalue weighted by Crippen LogP contribution is -2.01. The second-order valence-electron chi connectivity index (χ2n) is 2.70. The summed E-state index contributed by atoms with van der Waals surface area (Å²) in [5, 5.41) is 12.7. The second kappa shape index (κ2) is 4.71. The zero-order chi connectivity index (χ0) is 10.6. The molecule has 0 aliphatic carbocycles. The van der Waals surface area contributed by atoms with Crippen LogP contribution in [0.3, 0.4) is 0 Å². The summed E-state index contributed by atoms with van der Waals surface area (Å²) in [5.41, 5.74) is 0.985. The minimum Gasteiger partial charge on any atom is -0.465 e. The molecule has 76 valence electrons. The van der Waals surface area contributed by atoms with Crippen LogP contribution < -0.4 is 0 Å². The molecule has 14 heavy (non-hydrogen) atoms. The molecule has 0 N–H and O–H groups in total. The van der Waals surface area contributed by atoms with E-state index in [2.05, 4.69) is 15.1 Å².